The molecule has 22 heavy (non-hydrogen) atoms. The van der Waals surface area contributed by atoms with Gasteiger partial charge in [-0.3, -0.25) is 4.79 Å². The highest BCUT2D eigenvalue weighted by Crippen LogP contribution is 2.34. The van der Waals surface area contributed by atoms with Crippen LogP contribution in [0.15, 0.2) is 0 Å². The van der Waals surface area contributed by atoms with Gasteiger partial charge in [0.25, 0.3) is 0 Å². The molecule has 0 aromatic rings. The lowest BCUT2D eigenvalue weighted by atomic mass is 9.91. The Kier molecular flexibility index (Phi) is 4.49. The number of amides is 1. The summed E-state index contributed by atoms with van der Waals surface area (Å²) in [4.78, 5) is 12.4. The molecule has 0 aromatic heterocycles. The van der Waals surface area contributed by atoms with Crippen LogP contribution in [0.25, 0.3) is 0 Å². The normalized spacial score (nSPS) is 33.0. The number of carbonyl (C=O) groups is 1. The molecule has 1 amide bonds. The van der Waals surface area contributed by atoms with E-state index in [9.17, 15) is 13.2 Å². The number of hydrogen-bond donors (Lipinski definition) is 1. The molecule has 0 unspecified atom stereocenters. The third-order valence-corrected chi connectivity index (χ3v) is 7.02. The molecule has 1 N–H and O–H groups in total. The third-order valence-electron chi connectivity index (χ3n) is 4.85. The van der Waals surface area contributed by atoms with Crippen LogP contribution < -0.4 is 5.32 Å². The fourth-order valence-corrected chi connectivity index (χ4v) is 5.33. The van der Waals surface area contributed by atoms with Crippen molar-refractivity contribution in [2.75, 3.05) is 18.8 Å². The first kappa shape index (κ1) is 16.2. The van der Waals surface area contributed by atoms with Crippen LogP contribution in [-0.2, 0) is 19.6 Å². The Balaban J connectivity index is 1.63. The minimum atomic E-state index is -3.25. The molecule has 0 spiro atoms. The minimum Gasteiger partial charge on any atom is -0.371 e. The highest BCUT2D eigenvalue weighted by atomic mass is 32.2. The second kappa shape index (κ2) is 6.09. The van der Waals surface area contributed by atoms with Crippen molar-refractivity contribution in [3.8, 4) is 0 Å². The van der Waals surface area contributed by atoms with Crippen molar-refractivity contribution >= 4 is 15.9 Å². The smallest absolute Gasteiger partial charge is 0.226 e. The number of hydrogen-bond acceptors (Lipinski definition) is 4. The van der Waals surface area contributed by atoms with Gasteiger partial charge in [0.05, 0.1) is 23.9 Å². The van der Waals surface area contributed by atoms with Gasteiger partial charge in [-0.15, -0.1) is 0 Å². The molecule has 0 radical (unpaired) electrons. The fraction of sp³-hybridized carbons (Fsp3) is 0.933. The third kappa shape index (κ3) is 3.31. The van der Waals surface area contributed by atoms with Crippen molar-refractivity contribution in [3.63, 3.8) is 0 Å². The van der Waals surface area contributed by atoms with Gasteiger partial charge in [-0.25, -0.2) is 8.42 Å². The number of rotatable bonds is 5. The number of fused-ring (bicyclic) bond motifs is 2. The molecule has 3 fully saturated rings. The maximum atomic E-state index is 12.4. The number of nitrogens with zero attached hydrogens (tertiary/aromatic N) is 1. The molecule has 1 aliphatic carbocycles. The summed E-state index contributed by atoms with van der Waals surface area (Å²) in [5.74, 6) is 0.0964. The summed E-state index contributed by atoms with van der Waals surface area (Å²) in [6, 6.07) is 0.314. The Morgan fingerprint density at radius 1 is 1.32 bits per heavy atom. The highest BCUT2D eigenvalue weighted by molar-refractivity contribution is 7.89. The molecule has 2 saturated heterocycles. The first-order valence-electron chi connectivity index (χ1n) is 8.29. The van der Waals surface area contributed by atoms with Gasteiger partial charge < -0.3 is 10.1 Å². The molecule has 3 aliphatic rings. The van der Waals surface area contributed by atoms with Crippen LogP contribution in [0, 0.1) is 11.8 Å². The maximum Gasteiger partial charge on any atom is 0.226 e. The lowest BCUT2D eigenvalue weighted by Crippen LogP contribution is -2.50. The topological polar surface area (TPSA) is 75.7 Å². The van der Waals surface area contributed by atoms with Crippen molar-refractivity contribution in [1.82, 2.24) is 9.62 Å². The minimum absolute atomic E-state index is 0.0420. The molecular formula is C15H26N2O4S. The van der Waals surface area contributed by atoms with Gasteiger partial charge in [0.1, 0.15) is 0 Å². The van der Waals surface area contributed by atoms with E-state index in [-0.39, 0.29) is 35.7 Å². The number of carbonyl (C=O) groups excluding carboxylic acids is 1. The molecular weight excluding hydrogens is 304 g/mol. The molecule has 0 aromatic carbocycles. The van der Waals surface area contributed by atoms with Crippen molar-refractivity contribution in [2.24, 2.45) is 11.8 Å². The molecule has 2 bridgehead atoms. The summed E-state index contributed by atoms with van der Waals surface area (Å²) in [5, 5.41) is 3.07. The van der Waals surface area contributed by atoms with E-state index in [2.05, 4.69) is 5.32 Å². The molecule has 3 rings (SSSR count). The second-order valence-corrected chi connectivity index (χ2v) is 9.28. The Hall–Kier alpha value is -0.660. The first-order chi connectivity index (χ1) is 10.3. The van der Waals surface area contributed by atoms with Crippen molar-refractivity contribution in [2.45, 2.75) is 57.8 Å². The predicted octanol–water partition coefficient (Wildman–Crippen LogP) is 0.730. The zero-order chi connectivity index (χ0) is 15.9. The van der Waals surface area contributed by atoms with Gasteiger partial charge in [-0.1, -0.05) is 13.8 Å². The largest absolute Gasteiger partial charge is 0.371 e. The summed E-state index contributed by atoms with van der Waals surface area (Å²) in [7, 11) is -3.25. The number of sulfonamides is 1. The van der Waals surface area contributed by atoms with E-state index < -0.39 is 10.0 Å². The van der Waals surface area contributed by atoms with Crippen molar-refractivity contribution in [3.05, 3.63) is 0 Å². The first-order valence-corrected chi connectivity index (χ1v) is 9.89. The van der Waals surface area contributed by atoms with Gasteiger partial charge in [0, 0.05) is 19.1 Å². The summed E-state index contributed by atoms with van der Waals surface area (Å²) in [6.45, 7) is 4.51. The molecule has 2 heterocycles. The summed E-state index contributed by atoms with van der Waals surface area (Å²) in [6.07, 6.45) is 3.50. The standard InChI is InChI=1S/C15H26N2O4S/c1-10(2)9-22(19,20)17-7-12-6-13(14(8-17)21-12)15(18)16-11-4-3-5-11/h10-14H,3-9H2,1-2H3,(H,16,18)/t12-,13+,14-/m0/s1. The Bertz CT molecular complexity index is 530. The van der Waals surface area contributed by atoms with E-state index in [1.807, 2.05) is 13.8 Å². The van der Waals surface area contributed by atoms with Crippen molar-refractivity contribution < 1.29 is 17.9 Å². The Morgan fingerprint density at radius 2 is 2.05 bits per heavy atom. The molecule has 2 aliphatic heterocycles. The molecule has 1 saturated carbocycles. The summed E-state index contributed by atoms with van der Waals surface area (Å²) < 4.78 is 32.1. The van der Waals surface area contributed by atoms with Gasteiger partial charge in [0.15, 0.2) is 0 Å². The zero-order valence-electron chi connectivity index (χ0n) is 13.3. The van der Waals surface area contributed by atoms with E-state index >= 15 is 0 Å². The average Bonchev–Trinajstić information content (AvgIpc) is 2.67. The summed E-state index contributed by atoms with van der Waals surface area (Å²) in [5.41, 5.74) is 0. The van der Waals surface area contributed by atoms with E-state index in [0.717, 1.165) is 12.8 Å². The monoisotopic (exact) mass is 330 g/mol. The zero-order valence-corrected chi connectivity index (χ0v) is 14.1. The number of morpholine rings is 1. The highest BCUT2D eigenvalue weighted by Gasteiger charge is 2.47. The van der Waals surface area contributed by atoms with Gasteiger partial charge in [0.2, 0.25) is 15.9 Å². The van der Waals surface area contributed by atoms with Crippen molar-refractivity contribution in [1.29, 1.82) is 0 Å². The van der Waals surface area contributed by atoms with E-state index in [0.29, 0.717) is 25.6 Å². The van der Waals surface area contributed by atoms with Crippen LogP contribution in [0.4, 0.5) is 0 Å². The van der Waals surface area contributed by atoms with Crippen LogP contribution in [0.2, 0.25) is 0 Å². The van der Waals surface area contributed by atoms with E-state index in [4.69, 9.17) is 4.74 Å². The lowest BCUT2D eigenvalue weighted by Gasteiger charge is -2.33. The van der Waals surface area contributed by atoms with Gasteiger partial charge in [-0.05, 0) is 31.6 Å². The number of ether oxygens (including phenoxy) is 1. The quantitative estimate of drug-likeness (QED) is 0.806. The Morgan fingerprint density at radius 3 is 2.64 bits per heavy atom. The SMILES string of the molecule is CC(C)CS(=O)(=O)N1C[C@@H]2C[C@@H](C(=O)NC3CCC3)[C@H](C1)O2. The van der Waals surface area contributed by atoms with Crippen LogP contribution >= 0.6 is 0 Å². The van der Waals surface area contributed by atoms with Gasteiger partial charge >= 0.3 is 0 Å². The number of nitrogens with one attached hydrogen (secondary N) is 1. The van der Waals surface area contributed by atoms with Gasteiger partial charge in [-0.2, -0.15) is 4.31 Å². The lowest BCUT2D eigenvalue weighted by molar-refractivity contribution is -0.128. The van der Waals surface area contributed by atoms with E-state index in [1.165, 1.54) is 10.7 Å². The maximum absolute atomic E-state index is 12.4. The van der Waals surface area contributed by atoms with Crippen LogP contribution in [0.1, 0.15) is 39.5 Å². The van der Waals surface area contributed by atoms with Crippen LogP contribution in [0.5, 0.6) is 0 Å². The van der Waals surface area contributed by atoms with E-state index in [1.54, 1.807) is 0 Å². The molecule has 126 valence electrons. The van der Waals surface area contributed by atoms with Crippen LogP contribution in [-0.4, -0.2) is 55.7 Å². The molecule has 3 atom stereocenters. The average molecular weight is 330 g/mol. The van der Waals surface area contributed by atoms with Crippen LogP contribution in [0.3, 0.4) is 0 Å². The Labute approximate surface area is 132 Å². The summed E-state index contributed by atoms with van der Waals surface area (Å²) >= 11 is 0. The fourth-order valence-electron chi connectivity index (χ4n) is 3.51. The molecule has 6 nitrogen and oxygen atoms in total. The second-order valence-electron chi connectivity index (χ2n) is 7.26. The molecule has 7 heteroatoms. The predicted molar refractivity (Wildman–Crippen MR) is 82.7 cm³/mol.